The lowest BCUT2D eigenvalue weighted by molar-refractivity contribution is -0.0596. The second-order valence-corrected chi connectivity index (χ2v) is 7.87. The fourth-order valence-corrected chi connectivity index (χ4v) is 5.84. The lowest BCUT2D eigenvalue weighted by Gasteiger charge is -2.57. The minimum Gasteiger partial charge on any atom is -0.313 e. The Morgan fingerprint density at radius 2 is 1.53 bits per heavy atom. The molecule has 4 bridgehead atoms. The monoisotopic (exact) mass is 263 g/mol. The third-order valence-corrected chi connectivity index (χ3v) is 6.60. The van der Waals surface area contributed by atoms with Crippen molar-refractivity contribution in [2.45, 2.75) is 71.8 Å². The maximum atomic E-state index is 3.95. The van der Waals surface area contributed by atoms with Crippen LogP contribution in [0, 0.1) is 35.5 Å². The third kappa shape index (κ3) is 2.60. The van der Waals surface area contributed by atoms with Gasteiger partial charge in [-0.3, -0.25) is 0 Å². The van der Waals surface area contributed by atoms with Gasteiger partial charge in [0.05, 0.1) is 0 Å². The summed E-state index contributed by atoms with van der Waals surface area (Å²) in [6.45, 7) is 8.38. The van der Waals surface area contributed by atoms with Gasteiger partial charge in [0.1, 0.15) is 0 Å². The first-order valence-electron chi connectivity index (χ1n) is 8.96. The van der Waals surface area contributed by atoms with Crippen molar-refractivity contribution in [1.29, 1.82) is 0 Å². The highest BCUT2D eigenvalue weighted by Gasteiger charge is 2.50. The van der Waals surface area contributed by atoms with Crippen molar-refractivity contribution in [2.75, 3.05) is 6.54 Å². The molecule has 4 aliphatic rings. The van der Waals surface area contributed by atoms with Gasteiger partial charge in [0.2, 0.25) is 0 Å². The fourth-order valence-electron chi connectivity index (χ4n) is 5.84. The Labute approximate surface area is 119 Å². The molecule has 0 aromatic heterocycles. The molecule has 4 saturated carbocycles. The maximum absolute atomic E-state index is 3.95. The molecule has 1 heteroatoms. The van der Waals surface area contributed by atoms with Gasteiger partial charge in [-0.15, -0.1) is 0 Å². The van der Waals surface area contributed by atoms with Crippen LogP contribution in [0.3, 0.4) is 0 Å². The number of nitrogens with one attached hydrogen (secondary N) is 1. The summed E-state index contributed by atoms with van der Waals surface area (Å²) in [4.78, 5) is 0. The van der Waals surface area contributed by atoms with Gasteiger partial charge in [-0.05, 0) is 80.6 Å². The van der Waals surface area contributed by atoms with Gasteiger partial charge in [0, 0.05) is 6.04 Å². The van der Waals surface area contributed by atoms with Gasteiger partial charge in [-0.25, -0.2) is 0 Å². The number of hydrogen-bond donors (Lipinski definition) is 1. The Bertz CT molecular complexity index is 270. The number of rotatable bonds is 6. The zero-order chi connectivity index (χ0) is 13.4. The molecule has 4 fully saturated rings. The van der Waals surface area contributed by atoms with Crippen LogP contribution < -0.4 is 5.32 Å². The molecule has 0 spiro atoms. The standard InChI is InChI=1S/C18H33N/c1-4-6-19-18(12(3)5-2)17-15-8-13-7-14(10-15)11-16(17)9-13/h12-19H,4-11H2,1-3H3. The molecule has 0 aromatic rings. The van der Waals surface area contributed by atoms with Crippen molar-refractivity contribution >= 4 is 0 Å². The molecule has 4 aliphatic carbocycles. The predicted molar refractivity (Wildman–Crippen MR) is 82.1 cm³/mol. The highest BCUT2D eigenvalue weighted by atomic mass is 14.9. The van der Waals surface area contributed by atoms with Crippen molar-refractivity contribution in [1.82, 2.24) is 5.32 Å². The second kappa shape index (κ2) is 5.76. The van der Waals surface area contributed by atoms with E-state index in [9.17, 15) is 0 Å². The van der Waals surface area contributed by atoms with E-state index in [1.165, 1.54) is 19.4 Å². The summed E-state index contributed by atoms with van der Waals surface area (Å²) in [5.41, 5.74) is 0. The van der Waals surface area contributed by atoms with Crippen molar-refractivity contribution in [3.05, 3.63) is 0 Å². The molecule has 0 radical (unpaired) electrons. The van der Waals surface area contributed by atoms with E-state index in [4.69, 9.17) is 0 Å². The van der Waals surface area contributed by atoms with E-state index in [-0.39, 0.29) is 0 Å². The van der Waals surface area contributed by atoms with E-state index < -0.39 is 0 Å². The van der Waals surface area contributed by atoms with Gasteiger partial charge in [-0.2, -0.15) is 0 Å². The molecule has 4 rings (SSSR count). The summed E-state index contributed by atoms with van der Waals surface area (Å²) in [7, 11) is 0. The van der Waals surface area contributed by atoms with Crippen molar-refractivity contribution in [2.24, 2.45) is 35.5 Å². The summed E-state index contributed by atoms with van der Waals surface area (Å²) in [6, 6.07) is 0.806. The van der Waals surface area contributed by atoms with E-state index in [0.717, 1.165) is 41.5 Å². The van der Waals surface area contributed by atoms with E-state index in [1.807, 2.05) is 0 Å². The summed E-state index contributed by atoms with van der Waals surface area (Å²) in [5, 5.41) is 3.95. The van der Waals surface area contributed by atoms with E-state index in [1.54, 1.807) is 32.1 Å². The SMILES string of the molecule is CCCNC(C(C)CC)C1C2CC3CC(C2)CC1C3. The van der Waals surface area contributed by atoms with Crippen molar-refractivity contribution in [3.8, 4) is 0 Å². The van der Waals surface area contributed by atoms with E-state index >= 15 is 0 Å². The molecule has 0 aliphatic heterocycles. The fraction of sp³-hybridized carbons (Fsp3) is 1.00. The quantitative estimate of drug-likeness (QED) is 0.745. The number of hydrogen-bond acceptors (Lipinski definition) is 1. The Morgan fingerprint density at radius 1 is 0.947 bits per heavy atom. The minimum atomic E-state index is 0.806. The Balaban J connectivity index is 1.74. The Hall–Kier alpha value is -0.0400. The molecule has 0 saturated heterocycles. The lowest BCUT2D eigenvalue weighted by Crippen LogP contribution is -2.55. The van der Waals surface area contributed by atoms with Gasteiger partial charge in [-0.1, -0.05) is 27.2 Å². The first-order chi connectivity index (χ1) is 9.22. The van der Waals surface area contributed by atoms with Crippen LogP contribution in [-0.4, -0.2) is 12.6 Å². The third-order valence-electron chi connectivity index (χ3n) is 6.60. The molecular formula is C18H33N. The van der Waals surface area contributed by atoms with Crippen LogP contribution in [0.5, 0.6) is 0 Å². The molecule has 0 heterocycles. The van der Waals surface area contributed by atoms with Crippen LogP contribution in [0.4, 0.5) is 0 Å². The van der Waals surface area contributed by atoms with Crippen molar-refractivity contribution < 1.29 is 0 Å². The second-order valence-electron chi connectivity index (χ2n) is 7.87. The van der Waals surface area contributed by atoms with Crippen LogP contribution in [-0.2, 0) is 0 Å². The highest BCUT2D eigenvalue weighted by molar-refractivity contribution is 5.02. The van der Waals surface area contributed by atoms with Crippen LogP contribution in [0.15, 0.2) is 0 Å². The van der Waals surface area contributed by atoms with Crippen molar-refractivity contribution in [3.63, 3.8) is 0 Å². The smallest absolute Gasteiger partial charge is 0.0126 e. The van der Waals surface area contributed by atoms with E-state index in [0.29, 0.717) is 0 Å². The Kier molecular flexibility index (Phi) is 4.22. The summed E-state index contributed by atoms with van der Waals surface area (Å²) < 4.78 is 0. The molecule has 0 amide bonds. The van der Waals surface area contributed by atoms with Crippen LogP contribution in [0.2, 0.25) is 0 Å². The molecule has 2 atom stereocenters. The summed E-state index contributed by atoms with van der Waals surface area (Å²) in [5.74, 6) is 6.23. The van der Waals surface area contributed by atoms with Gasteiger partial charge < -0.3 is 5.32 Å². The maximum Gasteiger partial charge on any atom is 0.0126 e. The Morgan fingerprint density at radius 3 is 2.00 bits per heavy atom. The van der Waals surface area contributed by atoms with Crippen LogP contribution in [0.1, 0.15) is 65.7 Å². The average molecular weight is 263 g/mol. The zero-order valence-corrected chi connectivity index (χ0v) is 13.2. The molecule has 2 unspecified atom stereocenters. The normalized spacial score (nSPS) is 43.4. The first-order valence-corrected chi connectivity index (χ1v) is 8.96. The molecule has 110 valence electrons. The van der Waals surface area contributed by atoms with Gasteiger partial charge in [0.25, 0.3) is 0 Å². The summed E-state index contributed by atoms with van der Waals surface area (Å²) >= 11 is 0. The minimum absolute atomic E-state index is 0.806. The molecule has 1 nitrogen and oxygen atoms in total. The van der Waals surface area contributed by atoms with Gasteiger partial charge >= 0.3 is 0 Å². The molecular weight excluding hydrogens is 230 g/mol. The lowest BCUT2D eigenvalue weighted by atomic mass is 9.49. The predicted octanol–water partition coefficient (Wildman–Crippen LogP) is 4.47. The highest BCUT2D eigenvalue weighted by Crippen LogP contribution is 2.58. The average Bonchev–Trinajstić information content (AvgIpc) is 2.40. The largest absolute Gasteiger partial charge is 0.313 e. The van der Waals surface area contributed by atoms with Crippen LogP contribution >= 0.6 is 0 Å². The summed E-state index contributed by atoms with van der Waals surface area (Å²) in [6.07, 6.45) is 10.5. The first kappa shape index (κ1) is 13.9. The molecule has 19 heavy (non-hydrogen) atoms. The van der Waals surface area contributed by atoms with Gasteiger partial charge in [0.15, 0.2) is 0 Å². The van der Waals surface area contributed by atoms with Crippen LogP contribution in [0.25, 0.3) is 0 Å². The molecule has 0 aromatic carbocycles. The molecule has 1 N–H and O–H groups in total. The zero-order valence-electron chi connectivity index (χ0n) is 13.2. The van der Waals surface area contributed by atoms with E-state index in [2.05, 4.69) is 26.1 Å². The topological polar surface area (TPSA) is 12.0 Å².